The summed E-state index contributed by atoms with van der Waals surface area (Å²) in [6.45, 7) is 23.8. The molecule has 0 fully saturated rings. The van der Waals surface area contributed by atoms with Crippen molar-refractivity contribution >= 4 is 0 Å². The highest BCUT2D eigenvalue weighted by Gasteiger charge is 2.42. The molecule has 0 saturated carbocycles. The second-order valence-corrected chi connectivity index (χ2v) is 9.29. The zero-order chi connectivity index (χ0) is 13.4. The van der Waals surface area contributed by atoms with Gasteiger partial charge < -0.3 is 0 Å². The lowest BCUT2D eigenvalue weighted by Gasteiger charge is -2.49. The lowest BCUT2D eigenvalue weighted by Crippen LogP contribution is -2.39. The summed E-state index contributed by atoms with van der Waals surface area (Å²) in [5.74, 6) is 0. The van der Waals surface area contributed by atoms with Crippen molar-refractivity contribution in [3.63, 3.8) is 0 Å². The molecule has 0 N–H and O–H groups in total. The van der Waals surface area contributed by atoms with Gasteiger partial charge in [-0.3, -0.25) is 0 Å². The third-order valence-electron chi connectivity index (χ3n) is 3.65. The maximum absolute atomic E-state index is 2.48. The van der Waals surface area contributed by atoms with Crippen molar-refractivity contribution in [2.45, 2.75) is 82.1 Å². The summed E-state index contributed by atoms with van der Waals surface area (Å²) in [6, 6.07) is 0. The average molecular weight is 226 g/mol. The first kappa shape index (κ1) is 16.0. The number of hydrogen-bond acceptors (Lipinski definition) is 0. The minimum absolute atomic E-state index is 0.369. The van der Waals surface area contributed by atoms with E-state index in [1.165, 1.54) is 12.8 Å². The summed E-state index contributed by atoms with van der Waals surface area (Å²) < 4.78 is 0. The van der Waals surface area contributed by atoms with Crippen LogP contribution >= 0.6 is 0 Å². The van der Waals surface area contributed by atoms with Crippen LogP contribution in [0.2, 0.25) is 0 Å². The van der Waals surface area contributed by atoms with E-state index in [1.807, 2.05) is 0 Å². The highest BCUT2D eigenvalue weighted by molar-refractivity contribution is 4.92. The van der Waals surface area contributed by atoms with Crippen LogP contribution in [0.5, 0.6) is 0 Å². The van der Waals surface area contributed by atoms with E-state index >= 15 is 0 Å². The van der Waals surface area contributed by atoms with Crippen LogP contribution in [0.15, 0.2) is 0 Å². The van der Waals surface area contributed by atoms with Gasteiger partial charge in [-0.1, -0.05) is 69.2 Å². The third-order valence-corrected chi connectivity index (χ3v) is 3.65. The first-order chi connectivity index (χ1) is 6.66. The molecule has 0 radical (unpaired) electrons. The van der Waals surface area contributed by atoms with Crippen molar-refractivity contribution in [2.24, 2.45) is 21.7 Å². The van der Waals surface area contributed by atoms with Gasteiger partial charge in [0.25, 0.3) is 0 Å². The van der Waals surface area contributed by atoms with Crippen molar-refractivity contribution < 1.29 is 0 Å². The van der Waals surface area contributed by atoms with Crippen LogP contribution in [-0.4, -0.2) is 0 Å². The van der Waals surface area contributed by atoms with E-state index in [0.29, 0.717) is 21.7 Å². The number of rotatable bonds is 2. The van der Waals surface area contributed by atoms with Crippen LogP contribution in [0.1, 0.15) is 82.1 Å². The van der Waals surface area contributed by atoms with Gasteiger partial charge in [0.05, 0.1) is 0 Å². The van der Waals surface area contributed by atoms with E-state index in [4.69, 9.17) is 0 Å². The maximum atomic E-state index is 2.48. The summed E-state index contributed by atoms with van der Waals surface area (Å²) in [4.78, 5) is 0. The molecule has 0 aromatic carbocycles. The molecule has 0 rings (SSSR count). The Kier molecular flexibility index (Phi) is 4.35. The molecule has 0 unspecified atom stereocenters. The van der Waals surface area contributed by atoms with Crippen LogP contribution in [0, 0.1) is 21.7 Å². The Bertz CT molecular complexity index is 198. The summed E-state index contributed by atoms with van der Waals surface area (Å²) in [5.41, 5.74) is 1.59. The third kappa shape index (κ3) is 5.37. The molecule has 0 atom stereocenters. The van der Waals surface area contributed by atoms with Crippen LogP contribution in [0.4, 0.5) is 0 Å². The minimum Gasteiger partial charge on any atom is -0.0602 e. The molecule has 0 saturated heterocycles. The van der Waals surface area contributed by atoms with E-state index in [2.05, 4.69) is 69.2 Å². The molecule has 0 aromatic rings. The van der Waals surface area contributed by atoms with Crippen molar-refractivity contribution in [3.05, 3.63) is 0 Å². The first-order valence-corrected chi connectivity index (χ1v) is 6.66. The fraction of sp³-hybridized carbons (Fsp3) is 1.00. The molecule has 0 nitrogen and oxygen atoms in total. The molecule has 16 heavy (non-hydrogen) atoms. The van der Waals surface area contributed by atoms with Gasteiger partial charge in [-0.15, -0.1) is 0 Å². The zero-order valence-electron chi connectivity index (χ0n) is 13.4. The largest absolute Gasteiger partial charge is 0.0602 e. The topological polar surface area (TPSA) is 0 Å². The summed E-state index contributed by atoms with van der Waals surface area (Å²) in [5, 5.41) is 0. The highest BCUT2D eigenvalue weighted by atomic mass is 14.5. The lowest BCUT2D eigenvalue weighted by atomic mass is 9.56. The van der Waals surface area contributed by atoms with Crippen molar-refractivity contribution in [2.75, 3.05) is 0 Å². The van der Waals surface area contributed by atoms with Gasteiger partial charge in [0, 0.05) is 0 Å². The van der Waals surface area contributed by atoms with Crippen LogP contribution in [0.25, 0.3) is 0 Å². The fourth-order valence-corrected chi connectivity index (χ4v) is 2.93. The molecular formula is C16H34. The van der Waals surface area contributed by atoms with Gasteiger partial charge in [-0.25, -0.2) is 0 Å². The summed E-state index contributed by atoms with van der Waals surface area (Å²) >= 11 is 0. The lowest BCUT2D eigenvalue weighted by molar-refractivity contribution is 0.0134. The summed E-state index contributed by atoms with van der Waals surface area (Å²) in [6.07, 6.45) is 2.58. The number of hydrogen-bond donors (Lipinski definition) is 0. The van der Waals surface area contributed by atoms with E-state index in [0.717, 1.165) is 0 Å². The Labute approximate surface area is 104 Å². The Morgan fingerprint density at radius 1 is 0.500 bits per heavy atom. The molecule has 0 aliphatic heterocycles. The van der Waals surface area contributed by atoms with Crippen LogP contribution in [-0.2, 0) is 0 Å². The van der Waals surface area contributed by atoms with Gasteiger partial charge in [-0.05, 0) is 34.5 Å². The highest BCUT2D eigenvalue weighted by Crippen LogP contribution is 2.52. The van der Waals surface area contributed by atoms with E-state index in [9.17, 15) is 0 Å². The predicted octanol–water partition coefficient (Wildman–Crippen LogP) is 5.91. The zero-order valence-corrected chi connectivity index (χ0v) is 13.4. The van der Waals surface area contributed by atoms with Crippen molar-refractivity contribution in [1.29, 1.82) is 0 Å². The molecule has 0 bridgehead atoms. The normalized spacial score (nSPS) is 15.4. The van der Waals surface area contributed by atoms with Crippen molar-refractivity contribution in [1.82, 2.24) is 0 Å². The maximum Gasteiger partial charge on any atom is -0.0267 e. The monoisotopic (exact) mass is 226 g/mol. The molecule has 0 heteroatoms. The van der Waals surface area contributed by atoms with Gasteiger partial charge in [0.1, 0.15) is 0 Å². The van der Waals surface area contributed by atoms with E-state index < -0.39 is 0 Å². The Morgan fingerprint density at radius 3 is 0.875 bits per heavy atom. The SMILES string of the molecule is CC(C)(C)CC(C)(CC(C)(C)C)C(C)(C)C. The summed E-state index contributed by atoms with van der Waals surface area (Å²) in [7, 11) is 0. The minimum atomic E-state index is 0.369. The first-order valence-electron chi connectivity index (χ1n) is 6.66. The van der Waals surface area contributed by atoms with E-state index in [1.54, 1.807) is 0 Å². The molecule has 0 aliphatic rings. The second-order valence-electron chi connectivity index (χ2n) is 9.29. The molecule has 0 amide bonds. The van der Waals surface area contributed by atoms with Crippen LogP contribution < -0.4 is 0 Å². The van der Waals surface area contributed by atoms with Crippen molar-refractivity contribution in [3.8, 4) is 0 Å². The van der Waals surface area contributed by atoms with Gasteiger partial charge in [0.2, 0.25) is 0 Å². The smallest absolute Gasteiger partial charge is 0.0267 e. The fourth-order valence-electron chi connectivity index (χ4n) is 2.93. The Morgan fingerprint density at radius 2 is 0.750 bits per heavy atom. The molecule has 0 aromatic heterocycles. The molecule has 0 aliphatic carbocycles. The molecule has 0 heterocycles. The van der Waals surface area contributed by atoms with Gasteiger partial charge >= 0.3 is 0 Å². The predicted molar refractivity (Wildman–Crippen MR) is 75.7 cm³/mol. The molecular weight excluding hydrogens is 192 g/mol. The van der Waals surface area contributed by atoms with E-state index in [-0.39, 0.29) is 0 Å². The standard InChI is InChI=1S/C16H34/c1-13(2,3)11-16(10,15(7,8)9)12-14(4,5)6/h11-12H2,1-10H3. The van der Waals surface area contributed by atoms with Gasteiger partial charge in [-0.2, -0.15) is 0 Å². The average Bonchev–Trinajstić information content (AvgIpc) is 1.72. The molecule has 0 spiro atoms. The Hall–Kier alpha value is 0. The Balaban J connectivity index is 5.07. The second kappa shape index (κ2) is 4.35. The van der Waals surface area contributed by atoms with Crippen LogP contribution in [0.3, 0.4) is 0 Å². The van der Waals surface area contributed by atoms with Gasteiger partial charge in [0.15, 0.2) is 0 Å². The quantitative estimate of drug-likeness (QED) is 0.549. The molecule has 98 valence electrons.